The Bertz CT molecular complexity index is 794. The summed E-state index contributed by atoms with van der Waals surface area (Å²) in [4.78, 5) is 12.6. The van der Waals surface area contributed by atoms with Crippen molar-refractivity contribution in [3.8, 4) is 10.4 Å². The summed E-state index contributed by atoms with van der Waals surface area (Å²) in [7, 11) is 0. The Morgan fingerprint density at radius 2 is 1.88 bits per heavy atom. The van der Waals surface area contributed by atoms with Crippen LogP contribution in [0.2, 0.25) is 0 Å². The molecule has 1 aromatic carbocycles. The van der Waals surface area contributed by atoms with E-state index >= 15 is 0 Å². The number of rotatable bonds is 5. The van der Waals surface area contributed by atoms with Crippen molar-refractivity contribution < 1.29 is 0 Å². The van der Waals surface area contributed by atoms with Crippen molar-refractivity contribution in [2.24, 2.45) is 0 Å². The molecule has 4 nitrogen and oxygen atoms in total. The van der Waals surface area contributed by atoms with E-state index in [0.717, 1.165) is 22.4 Å². The van der Waals surface area contributed by atoms with Crippen LogP contribution in [0, 0.1) is 0 Å². The van der Waals surface area contributed by atoms with E-state index in [1.54, 1.807) is 11.3 Å². The van der Waals surface area contributed by atoms with Crippen LogP contribution in [0.4, 0.5) is 10.9 Å². The third kappa shape index (κ3) is 3.63. The van der Waals surface area contributed by atoms with Gasteiger partial charge in [0.1, 0.15) is 5.82 Å². The predicted octanol–water partition coefficient (Wildman–Crippen LogP) is 4.54. The van der Waals surface area contributed by atoms with Gasteiger partial charge in [-0.25, -0.2) is 9.97 Å². The largest absolute Gasteiger partial charge is 0.316 e. The van der Waals surface area contributed by atoms with Crippen molar-refractivity contribution in [3.05, 3.63) is 60.4 Å². The standard InChI is InChI=1S/C19H20N4S/c1-2-6-16(7-3-1)17-13-21-19(24-17)22-18-12-15(8-9-20-18)14-23-10-4-5-11-23/h1-3,6-9,12-13H,4-5,10-11,14H2,(H,20,21,22). The van der Waals surface area contributed by atoms with Crippen molar-refractivity contribution in [1.29, 1.82) is 0 Å². The second kappa shape index (κ2) is 7.11. The van der Waals surface area contributed by atoms with Gasteiger partial charge in [-0.15, -0.1) is 0 Å². The van der Waals surface area contributed by atoms with Crippen LogP contribution in [-0.2, 0) is 6.54 Å². The molecule has 0 radical (unpaired) electrons. The van der Waals surface area contributed by atoms with Gasteiger partial charge in [0.05, 0.1) is 4.88 Å². The number of pyridine rings is 1. The van der Waals surface area contributed by atoms with Crippen molar-refractivity contribution in [2.75, 3.05) is 18.4 Å². The molecule has 3 aromatic rings. The first-order chi connectivity index (χ1) is 11.9. The van der Waals surface area contributed by atoms with Crippen LogP contribution in [0.15, 0.2) is 54.9 Å². The van der Waals surface area contributed by atoms with Crippen molar-refractivity contribution in [2.45, 2.75) is 19.4 Å². The highest BCUT2D eigenvalue weighted by atomic mass is 32.1. The predicted molar refractivity (Wildman–Crippen MR) is 99.6 cm³/mol. The molecule has 1 aliphatic heterocycles. The molecule has 1 saturated heterocycles. The fraction of sp³-hybridized carbons (Fsp3) is 0.263. The molecule has 1 aliphatic rings. The zero-order valence-corrected chi connectivity index (χ0v) is 14.3. The van der Waals surface area contributed by atoms with Crippen molar-refractivity contribution in [3.63, 3.8) is 0 Å². The van der Waals surface area contributed by atoms with Crippen LogP contribution < -0.4 is 5.32 Å². The quantitative estimate of drug-likeness (QED) is 0.742. The molecular weight excluding hydrogens is 316 g/mol. The summed E-state index contributed by atoms with van der Waals surface area (Å²) in [6.07, 6.45) is 6.42. The van der Waals surface area contributed by atoms with Gasteiger partial charge in [0, 0.05) is 18.9 Å². The maximum atomic E-state index is 4.48. The number of anilines is 2. The molecule has 24 heavy (non-hydrogen) atoms. The topological polar surface area (TPSA) is 41.1 Å². The minimum absolute atomic E-state index is 0.862. The van der Waals surface area contributed by atoms with Gasteiger partial charge in [0.25, 0.3) is 0 Å². The Kier molecular flexibility index (Phi) is 4.53. The Labute approximate surface area is 146 Å². The Morgan fingerprint density at radius 3 is 2.71 bits per heavy atom. The van der Waals surface area contributed by atoms with Crippen LogP contribution in [0.1, 0.15) is 18.4 Å². The lowest BCUT2D eigenvalue weighted by Gasteiger charge is -2.14. The summed E-state index contributed by atoms with van der Waals surface area (Å²) < 4.78 is 0. The second-order valence-electron chi connectivity index (χ2n) is 6.05. The summed E-state index contributed by atoms with van der Waals surface area (Å²) in [5.41, 5.74) is 2.49. The number of hydrogen-bond donors (Lipinski definition) is 1. The maximum Gasteiger partial charge on any atom is 0.188 e. The first-order valence-electron chi connectivity index (χ1n) is 8.32. The molecule has 3 heterocycles. The van der Waals surface area contributed by atoms with Crippen LogP contribution in [0.25, 0.3) is 10.4 Å². The number of nitrogens with one attached hydrogen (secondary N) is 1. The monoisotopic (exact) mass is 336 g/mol. The van der Waals surface area contributed by atoms with Gasteiger partial charge in [0.2, 0.25) is 0 Å². The van der Waals surface area contributed by atoms with Crippen LogP contribution in [-0.4, -0.2) is 28.0 Å². The third-order valence-corrected chi connectivity index (χ3v) is 5.19. The fourth-order valence-corrected chi connectivity index (χ4v) is 3.85. The Balaban J connectivity index is 1.46. The van der Waals surface area contributed by atoms with Crippen LogP contribution in [0.5, 0.6) is 0 Å². The number of thiazole rings is 1. The average molecular weight is 336 g/mol. The molecule has 0 aliphatic carbocycles. The van der Waals surface area contributed by atoms with Gasteiger partial charge in [0.15, 0.2) is 5.13 Å². The molecule has 122 valence electrons. The second-order valence-corrected chi connectivity index (χ2v) is 7.08. The molecule has 0 atom stereocenters. The molecule has 5 heteroatoms. The van der Waals surface area contributed by atoms with E-state index in [1.165, 1.54) is 37.1 Å². The summed E-state index contributed by atoms with van der Waals surface area (Å²) in [5, 5.41) is 4.21. The van der Waals surface area contributed by atoms with Gasteiger partial charge in [-0.2, -0.15) is 0 Å². The number of benzene rings is 1. The van der Waals surface area contributed by atoms with Crippen molar-refractivity contribution >= 4 is 22.3 Å². The van der Waals surface area contributed by atoms with Gasteiger partial charge < -0.3 is 5.32 Å². The van der Waals surface area contributed by atoms with E-state index in [4.69, 9.17) is 0 Å². The zero-order valence-electron chi connectivity index (χ0n) is 13.5. The fourth-order valence-electron chi connectivity index (χ4n) is 3.02. The minimum atomic E-state index is 0.862. The average Bonchev–Trinajstić information content (AvgIpc) is 3.28. The van der Waals surface area contributed by atoms with E-state index in [2.05, 4.69) is 44.5 Å². The van der Waals surface area contributed by atoms with Gasteiger partial charge in [-0.1, -0.05) is 41.7 Å². The van der Waals surface area contributed by atoms with E-state index in [-0.39, 0.29) is 0 Å². The maximum absolute atomic E-state index is 4.48. The molecule has 2 aromatic heterocycles. The number of nitrogens with zero attached hydrogens (tertiary/aromatic N) is 3. The highest BCUT2D eigenvalue weighted by Gasteiger charge is 2.12. The minimum Gasteiger partial charge on any atom is -0.316 e. The van der Waals surface area contributed by atoms with E-state index in [9.17, 15) is 0 Å². The molecule has 0 bridgehead atoms. The Hall–Kier alpha value is -2.24. The highest BCUT2D eigenvalue weighted by Crippen LogP contribution is 2.30. The van der Waals surface area contributed by atoms with Gasteiger partial charge >= 0.3 is 0 Å². The summed E-state index contributed by atoms with van der Waals surface area (Å²) in [6.45, 7) is 3.42. The molecule has 4 rings (SSSR count). The number of hydrogen-bond acceptors (Lipinski definition) is 5. The first kappa shape index (κ1) is 15.3. The van der Waals surface area contributed by atoms with Crippen molar-refractivity contribution in [1.82, 2.24) is 14.9 Å². The summed E-state index contributed by atoms with van der Waals surface area (Å²) >= 11 is 1.65. The Morgan fingerprint density at radius 1 is 1.04 bits per heavy atom. The van der Waals surface area contributed by atoms with E-state index < -0.39 is 0 Å². The molecule has 1 N–H and O–H groups in total. The molecule has 0 spiro atoms. The lowest BCUT2D eigenvalue weighted by atomic mass is 10.2. The number of aromatic nitrogens is 2. The molecular formula is C19H20N4S. The lowest BCUT2D eigenvalue weighted by molar-refractivity contribution is 0.331. The van der Waals surface area contributed by atoms with E-state index in [0.29, 0.717) is 0 Å². The molecule has 0 saturated carbocycles. The normalized spacial score (nSPS) is 14.8. The van der Waals surface area contributed by atoms with Crippen LogP contribution >= 0.6 is 11.3 Å². The summed E-state index contributed by atoms with van der Waals surface area (Å²) in [5.74, 6) is 0.862. The molecule has 0 unspecified atom stereocenters. The summed E-state index contributed by atoms with van der Waals surface area (Å²) in [6, 6.07) is 14.6. The molecule has 1 fully saturated rings. The zero-order chi connectivity index (χ0) is 16.2. The van der Waals surface area contributed by atoms with Gasteiger partial charge in [-0.3, -0.25) is 4.90 Å². The third-order valence-electron chi connectivity index (χ3n) is 4.23. The smallest absolute Gasteiger partial charge is 0.188 e. The molecule has 0 amide bonds. The van der Waals surface area contributed by atoms with E-state index in [1.807, 2.05) is 30.6 Å². The van der Waals surface area contributed by atoms with Gasteiger partial charge in [-0.05, 0) is 49.2 Å². The SMILES string of the molecule is c1ccc(-c2cnc(Nc3cc(CN4CCCC4)ccn3)s2)cc1. The first-order valence-corrected chi connectivity index (χ1v) is 9.14. The van der Waals surface area contributed by atoms with Crippen LogP contribution in [0.3, 0.4) is 0 Å². The highest BCUT2D eigenvalue weighted by molar-refractivity contribution is 7.18. The lowest BCUT2D eigenvalue weighted by Crippen LogP contribution is -2.18. The number of likely N-dealkylation sites (tertiary alicyclic amines) is 1.